The molecule has 0 aliphatic carbocycles. The van der Waals surface area contributed by atoms with Gasteiger partial charge in [0.2, 0.25) is 0 Å². The molecule has 0 N–H and O–H groups in total. The van der Waals surface area contributed by atoms with E-state index in [1.165, 1.54) is 12.1 Å². The number of alkyl halides is 3. The maximum atomic E-state index is 12.3. The Morgan fingerprint density at radius 1 is 1.30 bits per heavy atom. The summed E-state index contributed by atoms with van der Waals surface area (Å²) in [7, 11) is -5.71. The molecule has 0 aliphatic rings. The number of hydrogen-bond donors (Lipinski definition) is 0. The number of hydrogen-bond acceptors (Lipinski definition) is 6. The molecule has 1 aromatic carbocycles. The second-order valence-electron chi connectivity index (χ2n) is 4.38. The summed E-state index contributed by atoms with van der Waals surface area (Å²) in [6.07, 6.45) is 0.0227. The van der Waals surface area contributed by atoms with E-state index in [0.717, 1.165) is 17.4 Å². The molecule has 23 heavy (non-hydrogen) atoms. The first-order valence-electron chi connectivity index (χ1n) is 6.30. The molecule has 2 rings (SSSR count). The molecule has 126 valence electrons. The molecule has 10 heteroatoms. The summed E-state index contributed by atoms with van der Waals surface area (Å²) >= 11 is 1.16. The van der Waals surface area contributed by atoms with Crippen LogP contribution in [0.1, 0.15) is 12.5 Å². The molecule has 1 heterocycles. The highest BCUT2D eigenvalue weighted by Crippen LogP contribution is 2.32. The number of ether oxygens (including phenoxy) is 1. The van der Waals surface area contributed by atoms with Crippen molar-refractivity contribution in [3.8, 4) is 5.75 Å². The molecule has 0 spiro atoms. The van der Waals surface area contributed by atoms with Crippen molar-refractivity contribution in [3.05, 3.63) is 29.1 Å². The number of carbonyl (C=O) groups is 1. The Balaban J connectivity index is 2.27. The van der Waals surface area contributed by atoms with E-state index in [0.29, 0.717) is 15.6 Å². The predicted octanol–water partition coefficient (Wildman–Crippen LogP) is 3.24. The fraction of sp³-hybridized carbons (Fsp3) is 0.308. The van der Waals surface area contributed by atoms with Crippen LogP contribution in [0, 0.1) is 0 Å². The first-order chi connectivity index (χ1) is 10.6. The van der Waals surface area contributed by atoms with Gasteiger partial charge in [0.25, 0.3) is 0 Å². The Kier molecular flexibility index (Phi) is 4.85. The van der Waals surface area contributed by atoms with E-state index in [1.807, 2.05) is 0 Å². The van der Waals surface area contributed by atoms with Gasteiger partial charge < -0.3 is 8.92 Å². The smallest absolute Gasteiger partial charge is 0.466 e. The summed E-state index contributed by atoms with van der Waals surface area (Å²) in [4.78, 5) is 11.5. The van der Waals surface area contributed by atoms with Crippen LogP contribution in [0.3, 0.4) is 0 Å². The van der Waals surface area contributed by atoms with Crippen LogP contribution < -0.4 is 4.18 Å². The summed E-state index contributed by atoms with van der Waals surface area (Å²) < 4.78 is 68.2. The van der Waals surface area contributed by atoms with Crippen molar-refractivity contribution in [1.29, 1.82) is 0 Å². The van der Waals surface area contributed by atoms with E-state index in [-0.39, 0.29) is 13.0 Å². The molecular formula is C13H11F3O5S2. The second-order valence-corrected chi connectivity index (χ2v) is 6.83. The van der Waals surface area contributed by atoms with Crippen molar-refractivity contribution >= 4 is 37.5 Å². The fourth-order valence-corrected chi connectivity index (χ4v) is 3.24. The number of rotatable bonds is 5. The maximum Gasteiger partial charge on any atom is 0.534 e. The van der Waals surface area contributed by atoms with Crippen LogP contribution in [0.2, 0.25) is 0 Å². The van der Waals surface area contributed by atoms with Crippen molar-refractivity contribution in [2.75, 3.05) is 6.61 Å². The fourth-order valence-electron chi connectivity index (χ4n) is 1.79. The average Bonchev–Trinajstić information content (AvgIpc) is 2.79. The summed E-state index contributed by atoms with van der Waals surface area (Å²) in [6, 6.07) is 3.69. The average molecular weight is 368 g/mol. The van der Waals surface area contributed by atoms with Gasteiger partial charge in [-0.15, -0.1) is 11.3 Å². The van der Waals surface area contributed by atoms with Crippen molar-refractivity contribution < 1.29 is 35.3 Å². The number of esters is 1. The lowest BCUT2D eigenvalue weighted by molar-refractivity contribution is -0.142. The van der Waals surface area contributed by atoms with Gasteiger partial charge in [-0.25, -0.2) is 0 Å². The lowest BCUT2D eigenvalue weighted by atomic mass is 10.1. The van der Waals surface area contributed by atoms with Crippen molar-refractivity contribution in [2.24, 2.45) is 0 Å². The quantitative estimate of drug-likeness (QED) is 0.460. The molecule has 0 aliphatic heterocycles. The minimum atomic E-state index is -5.71. The summed E-state index contributed by atoms with van der Waals surface area (Å²) in [5.41, 5.74) is -4.85. The number of benzene rings is 1. The number of halogens is 3. The molecule has 0 atom stereocenters. The van der Waals surface area contributed by atoms with E-state index in [2.05, 4.69) is 4.18 Å². The van der Waals surface area contributed by atoms with Gasteiger partial charge in [0.1, 0.15) is 5.75 Å². The zero-order chi connectivity index (χ0) is 17.3. The van der Waals surface area contributed by atoms with E-state index in [1.54, 1.807) is 12.3 Å². The number of carbonyl (C=O) groups excluding carboxylic acids is 1. The Morgan fingerprint density at radius 2 is 2.00 bits per heavy atom. The lowest BCUT2D eigenvalue weighted by Crippen LogP contribution is -2.28. The van der Waals surface area contributed by atoms with E-state index >= 15 is 0 Å². The van der Waals surface area contributed by atoms with Gasteiger partial charge >= 0.3 is 21.6 Å². The first-order valence-corrected chi connectivity index (χ1v) is 8.59. The van der Waals surface area contributed by atoms with Gasteiger partial charge in [-0.2, -0.15) is 21.6 Å². The largest absolute Gasteiger partial charge is 0.534 e. The highest BCUT2D eigenvalue weighted by atomic mass is 32.2. The van der Waals surface area contributed by atoms with Crippen LogP contribution in [0.4, 0.5) is 13.2 Å². The van der Waals surface area contributed by atoms with Gasteiger partial charge in [-0.05, 0) is 41.5 Å². The lowest BCUT2D eigenvalue weighted by Gasteiger charge is -2.09. The molecule has 0 radical (unpaired) electrons. The Bertz CT molecular complexity index is 824. The molecule has 2 aromatic rings. The minimum absolute atomic E-state index is 0.0227. The molecule has 0 amide bonds. The van der Waals surface area contributed by atoms with E-state index < -0.39 is 27.3 Å². The van der Waals surface area contributed by atoms with Gasteiger partial charge in [0, 0.05) is 4.70 Å². The van der Waals surface area contributed by atoms with Crippen molar-refractivity contribution in [3.63, 3.8) is 0 Å². The maximum absolute atomic E-state index is 12.3. The Hall–Kier alpha value is -1.81. The minimum Gasteiger partial charge on any atom is -0.466 e. The zero-order valence-electron chi connectivity index (χ0n) is 11.7. The third kappa shape index (κ3) is 3.94. The molecule has 1 aromatic heterocycles. The zero-order valence-corrected chi connectivity index (χ0v) is 13.3. The Morgan fingerprint density at radius 3 is 2.61 bits per heavy atom. The van der Waals surface area contributed by atoms with Gasteiger partial charge in [0.05, 0.1) is 13.0 Å². The van der Waals surface area contributed by atoms with E-state index in [9.17, 15) is 26.4 Å². The van der Waals surface area contributed by atoms with Crippen LogP contribution >= 0.6 is 11.3 Å². The summed E-state index contributed by atoms with van der Waals surface area (Å²) in [6.45, 7) is 1.92. The third-order valence-corrected chi connectivity index (χ3v) is 4.73. The molecule has 5 nitrogen and oxygen atoms in total. The molecule has 0 unspecified atom stereocenters. The highest BCUT2D eigenvalue weighted by Gasteiger charge is 2.48. The highest BCUT2D eigenvalue weighted by molar-refractivity contribution is 7.88. The molecule has 0 fully saturated rings. The molecule has 0 bridgehead atoms. The number of thiophene rings is 1. The van der Waals surface area contributed by atoms with E-state index in [4.69, 9.17) is 4.74 Å². The number of fused-ring (bicyclic) bond motifs is 1. The standard InChI is InChI=1S/C13H11F3O5S2/c1-2-20-12(17)5-8-7-22-11-6-9(3-4-10(8)11)21-23(18,19)13(14,15)16/h3-4,6-7H,2,5H2,1H3. The van der Waals surface area contributed by atoms with Crippen molar-refractivity contribution in [1.82, 2.24) is 0 Å². The van der Waals surface area contributed by atoms with Crippen LogP contribution in [-0.4, -0.2) is 26.5 Å². The van der Waals surface area contributed by atoms with Crippen LogP contribution in [-0.2, 0) is 26.1 Å². The van der Waals surface area contributed by atoms with Gasteiger partial charge in [-0.1, -0.05) is 0 Å². The monoisotopic (exact) mass is 368 g/mol. The second kappa shape index (κ2) is 6.36. The predicted molar refractivity (Wildman–Crippen MR) is 77.8 cm³/mol. The van der Waals surface area contributed by atoms with Crippen LogP contribution in [0.25, 0.3) is 10.1 Å². The molecule has 0 saturated carbocycles. The first kappa shape index (κ1) is 17.5. The third-order valence-electron chi connectivity index (χ3n) is 2.76. The summed E-state index contributed by atoms with van der Waals surface area (Å²) in [5.74, 6) is -0.869. The van der Waals surface area contributed by atoms with Gasteiger partial charge in [0.15, 0.2) is 0 Å². The van der Waals surface area contributed by atoms with Gasteiger partial charge in [-0.3, -0.25) is 4.79 Å². The normalized spacial score (nSPS) is 12.3. The SMILES string of the molecule is CCOC(=O)Cc1csc2cc(OS(=O)(=O)C(F)(F)F)ccc12. The molecule has 0 saturated heterocycles. The molecular weight excluding hydrogens is 357 g/mol. The van der Waals surface area contributed by atoms with Crippen LogP contribution in [0.15, 0.2) is 23.6 Å². The Labute approximate surface area is 133 Å². The topological polar surface area (TPSA) is 69.7 Å². The summed E-state index contributed by atoms with van der Waals surface area (Å²) in [5, 5.41) is 2.28. The van der Waals surface area contributed by atoms with Crippen molar-refractivity contribution in [2.45, 2.75) is 18.9 Å². The van der Waals surface area contributed by atoms with Crippen LogP contribution in [0.5, 0.6) is 5.75 Å².